The van der Waals surface area contributed by atoms with Gasteiger partial charge in [-0.3, -0.25) is 9.98 Å². The first kappa shape index (κ1) is 16.7. The largest absolute Gasteiger partial charge is 0.378 e. The number of aromatic nitrogens is 1. The Bertz CT molecular complexity index is 430. The van der Waals surface area contributed by atoms with E-state index in [0.717, 1.165) is 44.2 Å². The van der Waals surface area contributed by atoms with Gasteiger partial charge in [-0.2, -0.15) is 0 Å². The highest BCUT2D eigenvalue weighted by molar-refractivity contribution is 5.79. The zero-order chi connectivity index (χ0) is 15.5. The number of hydrogen-bond acceptors (Lipinski definition) is 3. The first-order valence-corrected chi connectivity index (χ1v) is 8.34. The van der Waals surface area contributed by atoms with Gasteiger partial charge < -0.3 is 15.4 Å². The average Bonchev–Trinajstić information content (AvgIpc) is 3.07. The van der Waals surface area contributed by atoms with Gasteiger partial charge in [-0.15, -0.1) is 0 Å². The highest BCUT2D eigenvalue weighted by Gasteiger charge is 2.14. The lowest BCUT2D eigenvalue weighted by atomic mass is 10.3. The molecule has 0 radical (unpaired) electrons. The van der Waals surface area contributed by atoms with Gasteiger partial charge in [-0.05, 0) is 31.4 Å². The van der Waals surface area contributed by atoms with Gasteiger partial charge in [0.05, 0.1) is 6.10 Å². The molecule has 5 nitrogen and oxygen atoms in total. The second-order valence-electron chi connectivity index (χ2n) is 5.63. The molecule has 0 bridgehead atoms. The van der Waals surface area contributed by atoms with Gasteiger partial charge in [-0.25, -0.2) is 0 Å². The van der Waals surface area contributed by atoms with Crippen LogP contribution in [0.5, 0.6) is 0 Å². The highest BCUT2D eigenvalue weighted by Crippen LogP contribution is 2.20. The lowest BCUT2D eigenvalue weighted by molar-refractivity contribution is 0.0574. The van der Waals surface area contributed by atoms with Crippen molar-refractivity contribution in [1.29, 1.82) is 0 Å². The molecular formula is C17H28N4O. The SMILES string of the molecule is CN=C(NCCCOC1CCCC1)NCCc1ccccn1. The number of rotatable bonds is 8. The van der Waals surface area contributed by atoms with Crippen LogP contribution in [-0.2, 0) is 11.2 Å². The second kappa shape index (κ2) is 10.2. The van der Waals surface area contributed by atoms with Gasteiger partial charge in [0.2, 0.25) is 0 Å². The summed E-state index contributed by atoms with van der Waals surface area (Å²) in [5.74, 6) is 0.844. The van der Waals surface area contributed by atoms with Gasteiger partial charge in [0.25, 0.3) is 0 Å². The maximum Gasteiger partial charge on any atom is 0.190 e. The Kier molecular flexibility index (Phi) is 7.74. The average molecular weight is 304 g/mol. The Morgan fingerprint density at radius 3 is 2.82 bits per heavy atom. The van der Waals surface area contributed by atoms with E-state index >= 15 is 0 Å². The summed E-state index contributed by atoms with van der Waals surface area (Å²) < 4.78 is 5.85. The minimum atomic E-state index is 0.510. The highest BCUT2D eigenvalue weighted by atomic mass is 16.5. The van der Waals surface area contributed by atoms with Crippen molar-refractivity contribution in [3.8, 4) is 0 Å². The van der Waals surface area contributed by atoms with Crippen molar-refractivity contribution in [2.75, 3.05) is 26.7 Å². The molecule has 1 aromatic rings. The van der Waals surface area contributed by atoms with Crippen molar-refractivity contribution >= 4 is 5.96 Å². The fourth-order valence-electron chi connectivity index (χ4n) is 2.66. The van der Waals surface area contributed by atoms with Crippen LogP contribution in [0.1, 0.15) is 37.8 Å². The fraction of sp³-hybridized carbons (Fsp3) is 0.647. The van der Waals surface area contributed by atoms with Gasteiger partial charge >= 0.3 is 0 Å². The van der Waals surface area contributed by atoms with E-state index in [1.54, 1.807) is 7.05 Å². The first-order chi connectivity index (χ1) is 10.9. The van der Waals surface area contributed by atoms with Gasteiger partial charge in [0, 0.05) is 45.1 Å². The third kappa shape index (κ3) is 6.43. The minimum absolute atomic E-state index is 0.510. The molecular weight excluding hydrogens is 276 g/mol. The molecule has 1 heterocycles. The van der Waals surface area contributed by atoms with E-state index in [4.69, 9.17) is 4.74 Å². The first-order valence-electron chi connectivity index (χ1n) is 8.34. The summed E-state index contributed by atoms with van der Waals surface area (Å²) in [6, 6.07) is 5.99. The van der Waals surface area contributed by atoms with Crippen LogP contribution in [-0.4, -0.2) is 43.8 Å². The molecule has 1 aromatic heterocycles. The monoisotopic (exact) mass is 304 g/mol. The van der Waals surface area contributed by atoms with Crippen LogP contribution in [0.3, 0.4) is 0 Å². The summed E-state index contributed by atoms with van der Waals surface area (Å²) in [6.45, 7) is 2.55. The third-order valence-electron chi connectivity index (χ3n) is 3.89. The molecule has 2 rings (SSSR count). The van der Waals surface area contributed by atoms with Crippen LogP contribution in [0.15, 0.2) is 29.4 Å². The summed E-state index contributed by atoms with van der Waals surface area (Å²) >= 11 is 0. The summed E-state index contributed by atoms with van der Waals surface area (Å²) in [5.41, 5.74) is 1.09. The van der Waals surface area contributed by atoms with Gasteiger partial charge in [0.1, 0.15) is 0 Å². The maximum atomic E-state index is 5.85. The Morgan fingerprint density at radius 2 is 2.09 bits per heavy atom. The number of guanidine groups is 1. The molecule has 0 saturated heterocycles. The lowest BCUT2D eigenvalue weighted by Gasteiger charge is -2.13. The Balaban J connectivity index is 1.51. The van der Waals surface area contributed by atoms with Crippen molar-refractivity contribution in [2.24, 2.45) is 4.99 Å². The predicted octanol–water partition coefficient (Wildman–Crippen LogP) is 2.14. The number of ether oxygens (including phenoxy) is 1. The molecule has 1 saturated carbocycles. The molecule has 0 spiro atoms. The smallest absolute Gasteiger partial charge is 0.190 e. The summed E-state index contributed by atoms with van der Waals surface area (Å²) in [5, 5.41) is 6.63. The van der Waals surface area contributed by atoms with Crippen LogP contribution in [0, 0.1) is 0 Å². The van der Waals surface area contributed by atoms with Crippen molar-refractivity contribution in [1.82, 2.24) is 15.6 Å². The minimum Gasteiger partial charge on any atom is -0.378 e. The van der Waals surface area contributed by atoms with Crippen LogP contribution >= 0.6 is 0 Å². The lowest BCUT2D eigenvalue weighted by Crippen LogP contribution is -2.39. The molecule has 0 atom stereocenters. The second-order valence-corrected chi connectivity index (χ2v) is 5.63. The zero-order valence-electron chi connectivity index (χ0n) is 13.6. The number of aliphatic imine (C=N–C) groups is 1. The maximum absolute atomic E-state index is 5.85. The third-order valence-corrected chi connectivity index (χ3v) is 3.89. The van der Waals surface area contributed by atoms with Crippen molar-refractivity contribution in [3.05, 3.63) is 30.1 Å². The van der Waals surface area contributed by atoms with Gasteiger partial charge in [-0.1, -0.05) is 18.9 Å². The molecule has 22 heavy (non-hydrogen) atoms. The van der Waals surface area contributed by atoms with Crippen LogP contribution in [0.2, 0.25) is 0 Å². The number of nitrogens with zero attached hydrogens (tertiary/aromatic N) is 2. The molecule has 0 aromatic carbocycles. The summed E-state index contributed by atoms with van der Waals surface area (Å²) in [7, 11) is 1.80. The predicted molar refractivity (Wildman–Crippen MR) is 90.1 cm³/mol. The molecule has 122 valence electrons. The topological polar surface area (TPSA) is 58.5 Å². The molecule has 0 unspecified atom stereocenters. The summed E-state index contributed by atoms with van der Waals surface area (Å²) in [6.07, 6.45) is 9.38. The zero-order valence-corrected chi connectivity index (χ0v) is 13.6. The van der Waals surface area contributed by atoms with Crippen LogP contribution in [0.25, 0.3) is 0 Å². The normalized spacial score (nSPS) is 16.0. The Labute approximate surface area is 133 Å². The van der Waals surface area contributed by atoms with Crippen molar-refractivity contribution in [2.45, 2.75) is 44.6 Å². The van der Waals surface area contributed by atoms with Crippen LogP contribution < -0.4 is 10.6 Å². The van der Waals surface area contributed by atoms with E-state index in [1.807, 2.05) is 24.4 Å². The Hall–Kier alpha value is -1.62. The summed E-state index contributed by atoms with van der Waals surface area (Å²) in [4.78, 5) is 8.54. The number of pyridine rings is 1. The van der Waals surface area contributed by atoms with E-state index < -0.39 is 0 Å². The van der Waals surface area contributed by atoms with E-state index in [2.05, 4.69) is 20.6 Å². The van der Waals surface area contributed by atoms with E-state index in [-0.39, 0.29) is 0 Å². The Morgan fingerprint density at radius 1 is 1.27 bits per heavy atom. The molecule has 5 heteroatoms. The quantitative estimate of drug-likeness (QED) is 0.439. The molecule has 2 N–H and O–H groups in total. The van der Waals surface area contributed by atoms with E-state index in [9.17, 15) is 0 Å². The molecule has 1 aliphatic carbocycles. The van der Waals surface area contributed by atoms with Gasteiger partial charge in [0.15, 0.2) is 5.96 Å². The molecule has 0 aliphatic heterocycles. The molecule has 0 amide bonds. The molecule has 1 fully saturated rings. The van der Waals surface area contributed by atoms with Crippen molar-refractivity contribution in [3.63, 3.8) is 0 Å². The molecule has 1 aliphatic rings. The standard InChI is InChI=1S/C17H28N4O/c1-18-17(21-13-10-15-7-4-5-11-19-15)20-12-6-14-22-16-8-2-3-9-16/h4-5,7,11,16H,2-3,6,8-10,12-14H2,1H3,(H2,18,20,21). The van der Waals surface area contributed by atoms with Crippen LogP contribution in [0.4, 0.5) is 0 Å². The number of nitrogens with one attached hydrogen (secondary N) is 2. The fourth-order valence-corrected chi connectivity index (χ4v) is 2.66. The number of hydrogen-bond donors (Lipinski definition) is 2. The van der Waals surface area contributed by atoms with Crippen molar-refractivity contribution < 1.29 is 4.74 Å². The van der Waals surface area contributed by atoms with E-state index in [1.165, 1.54) is 25.7 Å². The van der Waals surface area contributed by atoms with E-state index in [0.29, 0.717) is 6.10 Å².